The number of hydrogen-bond acceptors (Lipinski definition) is 5. The number of hydrogen-bond donors (Lipinski definition) is 2. The molecule has 6 nitrogen and oxygen atoms in total. The van der Waals surface area contributed by atoms with E-state index in [1.807, 2.05) is 11.4 Å². The number of aromatic nitrogens is 1. The van der Waals surface area contributed by atoms with Crippen LogP contribution in [-0.2, 0) is 4.79 Å². The Morgan fingerprint density at radius 2 is 2.04 bits per heavy atom. The van der Waals surface area contributed by atoms with Crippen molar-refractivity contribution in [2.45, 2.75) is 26.3 Å². The minimum atomic E-state index is -0.657. The quantitative estimate of drug-likeness (QED) is 0.632. The molecular formula is C21H26N3O3S+. The van der Waals surface area contributed by atoms with Gasteiger partial charge in [0, 0.05) is 19.2 Å². The van der Waals surface area contributed by atoms with Crippen LogP contribution in [0.5, 0.6) is 0 Å². The van der Waals surface area contributed by atoms with E-state index in [0.29, 0.717) is 17.1 Å². The lowest BCUT2D eigenvalue weighted by atomic mass is 9.99. The van der Waals surface area contributed by atoms with E-state index in [4.69, 9.17) is 0 Å². The first-order valence-electron chi connectivity index (χ1n) is 9.65. The van der Waals surface area contributed by atoms with Gasteiger partial charge in [-0.05, 0) is 37.4 Å². The molecule has 1 amide bonds. The smallest absolute Gasteiger partial charge is 0.290 e. The molecule has 2 N–H and O–H groups in total. The number of carbonyl (C=O) groups is 2. The first-order chi connectivity index (χ1) is 13.6. The summed E-state index contributed by atoms with van der Waals surface area (Å²) in [5.41, 5.74) is 0.719. The zero-order valence-corrected chi connectivity index (χ0v) is 17.0. The highest BCUT2D eigenvalue weighted by atomic mass is 32.1. The summed E-state index contributed by atoms with van der Waals surface area (Å²) in [6.07, 6.45) is 2.43. The highest BCUT2D eigenvalue weighted by Gasteiger charge is 2.44. The van der Waals surface area contributed by atoms with Crippen molar-refractivity contribution in [1.82, 2.24) is 9.88 Å². The van der Waals surface area contributed by atoms with E-state index in [0.717, 1.165) is 26.1 Å². The highest BCUT2D eigenvalue weighted by molar-refractivity contribution is 7.12. The van der Waals surface area contributed by atoms with Crippen molar-refractivity contribution < 1.29 is 19.6 Å². The number of Topliss-reactive ketones (excluding diaryl/α,β-unsaturated/α-hetero) is 1. The molecule has 0 radical (unpaired) electrons. The molecule has 28 heavy (non-hydrogen) atoms. The molecular weight excluding hydrogens is 374 g/mol. The summed E-state index contributed by atoms with van der Waals surface area (Å²) in [5, 5.41) is 12.4. The Labute approximate surface area is 169 Å². The van der Waals surface area contributed by atoms with Crippen LogP contribution in [0, 0.1) is 0 Å². The van der Waals surface area contributed by atoms with Crippen molar-refractivity contribution >= 4 is 23.0 Å². The van der Waals surface area contributed by atoms with Crippen LogP contribution in [-0.4, -0.2) is 52.9 Å². The molecule has 0 aromatic carbocycles. The zero-order valence-electron chi connectivity index (χ0n) is 16.2. The molecule has 148 valence electrons. The Morgan fingerprint density at radius 1 is 1.25 bits per heavy atom. The molecule has 2 aromatic rings. The third kappa shape index (κ3) is 4.00. The number of rotatable bonds is 9. The van der Waals surface area contributed by atoms with E-state index in [9.17, 15) is 14.7 Å². The number of amides is 1. The second-order valence-corrected chi connectivity index (χ2v) is 7.73. The number of carbonyl (C=O) groups excluding carboxylic acids is 2. The second-order valence-electron chi connectivity index (χ2n) is 6.79. The molecule has 0 aliphatic carbocycles. The minimum absolute atomic E-state index is 0.126. The SMILES string of the molecule is CC[NH+](CC)CCCN1C(=O)C(O)=C(C(=O)c2cccs2)[C@H]1c1ccccn1. The number of quaternary nitrogens is 1. The van der Waals surface area contributed by atoms with Crippen LogP contribution >= 0.6 is 11.3 Å². The molecule has 1 atom stereocenters. The number of aliphatic hydroxyl groups is 1. The lowest BCUT2D eigenvalue weighted by molar-refractivity contribution is -0.896. The van der Waals surface area contributed by atoms with Crippen LogP contribution in [0.2, 0.25) is 0 Å². The molecule has 0 unspecified atom stereocenters. The number of ketones is 1. The van der Waals surface area contributed by atoms with Crippen LogP contribution in [0.25, 0.3) is 0 Å². The van der Waals surface area contributed by atoms with Gasteiger partial charge in [-0.15, -0.1) is 11.3 Å². The molecule has 0 bridgehead atoms. The van der Waals surface area contributed by atoms with Crippen LogP contribution in [0.15, 0.2) is 53.2 Å². The van der Waals surface area contributed by atoms with Gasteiger partial charge in [0.1, 0.15) is 6.04 Å². The zero-order chi connectivity index (χ0) is 20.1. The molecule has 7 heteroatoms. The first kappa shape index (κ1) is 20.2. The third-order valence-electron chi connectivity index (χ3n) is 5.19. The summed E-state index contributed by atoms with van der Waals surface area (Å²) in [7, 11) is 0. The number of aliphatic hydroxyl groups excluding tert-OH is 1. The van der Waals surface area contributed by atoms with Crippen molar-refractivity contribution in [2.24, 2.45) is 0 Å². The number of nitrogens with zero attached hydrogens (tertiary/aromatic N) is 2. The fraction of sp³-hybridized carbons (Fsp3) is 0.381. The van der Waals surface area contributed by atoms with Crippen molar-refractivity contribution in [3.05, 3.63) is 63.8 Å². The molecule has 2 aromatic heterocycles. The van der Waals surface area contributed by atoms with Gasteiger partial charge >= 0.3 is 0 Å². The summed E-state index contributed by atoms with van der Waals surface area (Å²) in [4.78, 5) is 33.8. The first-order valence-corrected chi connectivity index (χ1v) is 10.5. The molecule has 1 aliphatic rings. The van der Waals surface area contributed by atoms with E-state index in [-0.39, 0.29) is 11.4 Å². The molecule has 0 spiro atoms. The van der Waals surface area contributed by atoms with Gasteiger partial charge < -0.3 is 14.9 Å². The lowest BCUT2D eigenvalue weighted by Crippen LogP contribution is -3.11. The predicted octanol–water partition coefficient (Wildman–Crippen LogP) is 2.04. The molecule has 0 fully saturated rings. The van der Waals surface area contributed by atoms with Crippen LogP contribution < -0.4 is 4.90 Å². The maximum absolute atomic E-state index is 13.0. The van der Waals surface area contributed by atoms with Gasteiger partial charge in [-0.1, -0.05) is 12.1 Å². The van der Waals surface area contributed by atoms with E-state index in [2.05, 4.69) is 18.8 Å². The minimum Gasteiger partial charge on any atom is -0.503 e. The van der Waals surface area contributed by atoms with Gasteiger partial charge in [-0.25, -0.2) is 0 Å². The number of thiophene rings is 1. The maximum atomic E-state index is 13.0. The normalized spacial score (nSPS) is 17.0. The Balaban J connectivity index is 1.90. The monoisotopic (exact) mass is 400 g/mol. The van der Waals surface area contributed by atoms with Crippen molar-refractivity contribution in [3.8, 4) is 0 Å². The molecule has 3 heterocycles. The summed E-state index contributed by atoms with van der Waals surface area (Å²) < 4.78 is 0. The van der Waals surface area contributed by atoms with Crippen LogP contribution in [0.1, 0.15) is 41.7 Å². The van der Waals surface area contributed by atoms with Crippen molar-refractivity contribution in [1.29, 1.82) is 0 Å². The Morgan fingerprint density at radius 3 is 2.64 bits per heavy atom. The standard InChI is InChI=1S/C21H25N3O3S/c1-3-23(4-2)12-8-13-24-18(15-9-5-6-11-22-15)17(20(26)21(24)27)19(25)16-10-7-14-28-16/h5-7,9-11,14,18,26H,3-4,8,12-13H2,1-2H3/p+1/t18-/m1/s1. The van der Waals surface area contributed by atoms with Gasteiger partial charge in [-0.3, -0.25) is 14.6 Å². The van der Waals surface area contributed by atoms with Gasteiger partial charge in [0.25, 0.3) is 5.91 Å². The summed E-state index contributed by atoms with van der Waals surface area (Å²) in [6, 6.07) is 8.24. The predicted molar refractivity (Wildman–Crippen MR) is 109 cm³/mol. The van der Waals surface area contributed by atoms with E-state index < -0.39 is 17.7 Å². The summed E-state index contributed by atoms with van der Waals surface area (Å²) in [5.74, 6) is -1.26. The maximum Gasteiger partial charge on any atom is 0.290 e. The van der Waals surface area contributed by atoms with Gasteiger partial charge in [0.2, 0.25) is 5.78 Å². The van der Waals surface area contributed by atoms with E-state index in [1.165, 1.54) is 16.2 Å². The lowest BCUT2D eigenvalue weighted by Gasteiger charge is -2.26. The van der Waals surface area contributed by atoms with Gasteiger partial charge in [0.05, 0.1) is 35.8 Å². The topological polar surface area (TPSA) is 74.9 Å². The fourth-order valence-corrected chi connectivity index (χ4v) is 4.28. The largest absolute Gasteiger partial charge is 0.503 e. The number of nitrogens with one attached hydrogen (secondary N) is 1. The van der Waals surface area contributed by atoms with Crippen LogP contribution in [0.4, 0.5) is 0 Å². The third-order valence-corrected chi connectivity index (χ3v) is 6.06. The number of pyridine rings is 1. The average Bonchev–Trinajstić information content (AvgIpc) is 3.34. The second kappa shape index (κ2) is 9.12. The summed E-state index contributed by atoms with van der Waals surface area (Å²) in [6.45, 7) is 7.73. The average molecular weight is 401 g/mol. The van der Waals surface area contributed by atoms with E-state index >= 15 is 0 Å². The molecule has 3 rings (SSSR count). The Hall–Kier alpha value is -2.51. The Kier molecular flexibility index (Phi) is 6.59. The highest BCUT2D eigenvalue weighted by Crippen LogP contribution is 2.38. The molecule has 1 aliphatic heterocycles. The Bertz CT molecular complexity index is 845. The van der Waals surface area contributed by atoms with Crippen molar-refractivity contribution in [3.63, 3.8) is 0 Å². The molecule has 0 saturated carbocycles. The van der Waals surface area contributed by atoms with Gasteiger partial charge in [-0.2, -0.15) is 0 Å². The van der Waals surface area contributed by atoms with Gasteiger partial charge in [0.15, 0.2) is 5.76 Å². The summed E-state index contributed by atoms with van der Waals surface area (Å²) >= 11 is 1.30. The van der Waals surface area contributed by atoms with Crippen molar-refractivity contribution in [2.75, 3.05) is 26.2 Å². The van der Waals surface area contributed by atoms with Crippen LogP contribution in [0.3, 0.4) is 0 Å². The molecule has 0 saturated heterocycles. The fourth-order valence-electron chi connectivity index (χ4n) is 3.60. The van der Waals surface area contributed by atoms with E-state index in [1.54, 1.807) is 35.4 Å².